The zero-order valence-corrected chi connectivity index (χ0v) is 12.5. The van der Waals surface area contributed by atoms with Crippen molar-refractivity contribution < 1.29 is 17.5 Å². The van der Waals surface area contributed by atoms with E-state index in [1.165, 1.54) is 16.4 Å². The first-order chi connectivity index (χ1) is 10.1. The lowest BCUT2D eigenvalue weighted by Gasteiger charge is -2.15. The third-order valence-corrected chi connectivity index (χ3v) is 5.28. The van der Waals surface area contributed by atoms with Crippen LogP contribution in [0.3, 0.4) is 0 Å². The minimum Gasteiger partial charge on any atom is -0.489 e. The number of ether oxygens (including phenoxy) is 1. The number of rotatable bonds is 6. The molecule has 0 spiro atoms. The smallest absolute Gasteiger partial charge is 0.243 e. The van der Waals surface area contributed by atoms with E-state index in [1.54, 1.807) is 12.1 Å². The molecule has 1 fully saturated rings. The molecule has 21 heavy (non-hydrogen) atoms. The van der Waals surface area contributed by atoms with Crippen molar-refractivity contribution in [2.45, 2.75) is 17.7 Å². The van der Waals surface area contributed by atoms with Crippen LogP contribution < -0.4 is 10.5 Å². The fourth-order valence-corrected chi connectivity index (χ4v) is 3.61. The van der Waals surface area contributed by atoms with Crippen molar-refractivity contribution >= 4 is 10.0 Å². The van der Waals surface area contributed by atoms with Gasteiger partial charge in [0.25, 0.3) is 0 Å². The van der Waals surface area contributed by atoms with Gasteiger partial charge in [0.2, 0.25) is 10.0 Å². The fourth-order valence-electron chi connectivity index (χ4n) is 2.10. The van der Waals surface area contributed by atoms with Crippen molar-refractivity contribution in [1.82, 2.24) is 4.31 Å². The van der Waals surface area contributed by atoms with Gasteiger partial charge in [-0.3, -0.25) is 0 Å². The third-order valence-electron chi connectivity index (χ3n) is 3.37. The van der Waals surface area contributed by atoms with E-state index in [9.17, 15) is 12.8 Å². The van der Waals surface area contributed by atoms with Crippen LogP contribution in [0.1, 0.15) is 12.8 Å². The van der Waals surface area contributed by atoms with Gasteiger partial charge in [0.05, 0.1) is 11.2 Å². The maximum Gasteiger partial charge on any atom is 0.243 e. The minimum absolute atomic E-state index is 0.0468. The Hall–Kier alpha value is -1.44. The summed E-state index contributed by atoms with van der Waals surface area (Å²) < 4.78 is 43.8. The van der Waals surface area contributed by atoms with Gasteiger partial charge in [0.15, 0.2) is 0 Å². The second-order valence-electron chi connectivity index (χ2n) is 4.84. The molecule has 1 aliphatic heterocycles. The standard InChI is InChI=1S/C14H19FN2O3S/c15-9-12(10-16)11-20-13-3-5-14(6-4-13)21(18,19)17-7-1-2-8-17/h3-6,9H,1-2,7-8,10-11,16H2/b12-9+. The number of nitrogens with two attached hydrogens (primary N) is 1. The van der Waals surface area contributed by atoms with Gasteiger partial charge in [-0.25, -0.2) is 12.8 Å². The molecule has 2 rings (SSSR count). The van der Waals surface area contributed by atoms with E-state index in [2.05, 4.69) is 0 Å². The highest BCUT2D eigenvalue weighted by molar-refractivity contribution is 7.89. The van der Waals surface area contributed by atoms with E-state index >= 15 is 0 Å². The van der Waals surface area contributed by atoms with Crippen molar-refractivity contribution in [2.24, 2.45) is 5.73 Å². The van der Waals surface area contributed by atoms with Crippen LogP contribution in [-0.4, -0.2) is 39.0 Å². The van der Waals surface area contributed by atoms with Crippen molar-refractivity contribution in [3.8, 4) is 5.75 Å². The molecule has 1 aromatic carbocycles. The normalized spacial score (nSPS) is 17.1. The van der Waals surface area contributed by atoms with Crippen LogP contribution in [0.5, 0.6) is 5.75 Å². The predicted octanol–water partition coefficient (Wildman–Crippen LogP) is 1.66. The van der Waals surface area contributed by atoms with E-state index in [0.29, 0.717) is 30.7 Å². The van der Waals surface area contributed by atoms with Crippen LogP contribution in [-0.2, 0) is 10.0 Å². The quantitative estimate of drug-likeness (QED) is 0.867. The molecule has 0 unspecified atom stereocenters. The van der Waals surface area contributed by atoms with Crippen LogP contribution in [0, 0.1) is 0 Å². The second kappa shape index (κ2) is 7.02. The highest BCUT2D eigenvalue weighted by Gasteiger charge is 2.26. The Morgan fingerprint density at radius 3 is 2.43 bits per heavy atom. The van der Waals surface area contributed by atoms with Crippen LogP contribution in [0.4, 0.5) is 4.39 Å². The summed E-state index contributed by atoms with van der Waals surface area (Å²) in [7, 11) is -3.41. The topological polar surface area (TPSA) is 72.6 Å². The third kappa shape index (κ3) is 3.81. The molecule has 1 aliphatic rings. The van der Waals surface area contributed by atoms with E-state index in [0.717, 1.165) is 12.8 Å². The molecule has 116 valence electrons. The van der Waals surface area contributed by atoms with Gasteiger partial charge in [-0.1, -0.05) is 0 Å². The summed E-state index contributed by atoms with van der Waals surface area (Å²) in [5.41, 5.74) is 5.66. The van der Waals surface area contributed by atoms with Crippen LogP contribution in [0.25, 0.3) is 0 Å². The zero-order valence-electron chi connectivity index (χ0n) is 11.7. The van der Waals surface area contributed by atoms with Crippen molar-refractivity contribution in [2.75, 3.05) is 26.2 Å². The number of sulfonamides is 1. The van der Waals surface area contributed by atoms with E-state index in [1.807, 2.05) is 0 Å². The number of hydrogen-bond acceptors (Lipinski definition) is 4. The summed E-state index contributed by atoms with van der Waals surface area (Å²) in [6.07, 6.45) is 2.22. The van der Waals surface area contributed by atoms with E-state index in [4.69, 9.17) is 10.5 Å². The Kier molecular flexibility index (Phi) is 5.33. The summed E-state index contributed by atoms with van der Waals surface area (Å²) in [6.45, 7) is 1.27. The summed E-state index contributed by atoms with van der Waals surface area (Å²) in [6, 6.07) is 6.14. The lowest BCUT2D eigenvalue weighted by atomic mass is 10.3. The first-order valence-corrected chi connectivity index (χ1v) is 8.23. The van der Waals surface area contributed by atoms with Gasteiger partial charge in [0, 0.05) is 25.2 Å². The van der Waals surface area contributed by atoms with Crippen LogP contribution >= 0.6 is 0 Å². The van der Waals surface area contributed by atoms with Gasteiger partial charge in [-0.15, -0.1) is 0 Å². The van der Waals surface area contributed by atoms with Gasteiger partial charge < -0.3 is 10.5 Å². The molecular formula is C14H19FN2O3S. The average Bonchev–Trinajstić information content (AvgIpc) is 3.04. The number of nitrogens with zero attached hydrogens (tertiary/aromatic N) is 1. The van der Waals surface area contributed by atoms with Crippen LogP contribution in [0.2, 0.25) is 0 Å². The lowest BCUT2D eigenvalue weighted by molar-refractivity contribution is 0.347. The van der Waals surface area contributed by atoms with Crippen molar-refractivity contribution in [3.63, 3.8) is 0 Å². The number of benzene rings is 1. The molecule has 0 bridgehead atoms. The average molecular weight is 314 g/mol. The Balaban J connectivity index is 2.05. The molecule has 1 aromatic rings. The SMILES string of the molecule is NC/C(=C\F)COc1ccc(S(=O)(=O)N2CCCC2)cc1. The summed E-state index contributed by atoms with van der Waals surface area (Å²) >= 11 is 0. The molecular weight excluding hydrogens is 295 g/mol. The molecule has 0 aromatic heterocycles. The first-order valence-electron chi connectivity index (χ1n) is 6.79. The van der Waals surface area contributed by atoms with Gasteiger partial charge in [-0.05, 0) is 37.1 Å². The molecule has 1 saturated heterocycles. The number of hydrogen-bond donors (Lipinski definition) is 1. The van der Waals surface area contributed by atoms with Crippen molar-refractivity contribution in [1.29, 1.82) is 0 Å². The molecule has 0 aliphatic carbocycles. The predicted molar refractivity (Wildman–Crippen MR) is 78.2 cm³/mol. The van der Waals surface area contributed by atoms with E-state index in [-0.39, 0.29) is 18.0 Å². The van der Waals surface area contributed by atoms with Crippen molar-refractivity contribution in [3.05, 3.63) is 36.2 Å². The molecule has 1 heterocycles. The molecule has 2 N–H and O–H groups in total. The molecule has 0 atom stereocenters. The zero-order chi connectivity index (χ0) is 15.3. The Bertz CT molecular complexity index is 593. The summed E-state index contributed by atoms with van der Waals surface area (Å²) in [4.78, 5) is 0.247. The maximum absolute atomic E-state index is 12.3. The van der Waals surface area contributed by atoms with Gasteiger partial charge >= 0.3 is 0 Å². The molecule has 0 saturated carbocycles. The Labute approximate surface area is 124 Å². The first kappa shape index (κ1) is 15.9. The fraction of sp³-hybridized carbons (Fsp3) is 0.429. The largest absolute Gasteiger partial charge is 0.489 e. The minimum atomic E-state index is -3.41. The number of halogens is 1. The maximum atomic E-state index is 12.3. The highest BCUT2D eigenvalue weighted by atomic mass is 32.2. The lowest BCUT2D eigenvalue weighted by Crippen LogP contribution is -2.27. The summed E-state index contributed by atoms with van der Waals surface area (Å²) in [5.74, 6) is 0.475. The monoisotopic (exact) mass is 314 g/mol. The van der Waals surface area contributed by atoms with Gasteiger partial charge in [-0.2, -0.15) is 4.31 Å². The molecule has 5 nitrogen and oxygen atoms in total. The summed E-state index contributed by atoms with van der Waals surface area (Å²) in [5, 5.41) is 0. The molecule has 0 radical (unpaired) electrons. The van der Waals surface area contributed by atoms with Crippen LogP contribution in [0.15, 0.2) is 41.1 Å². The highest BCUT2D eigenvalue weighted by Crippen LogP contribution is 2.23. The molecule has 7 heteroatoms. The second-order valence-corrected chi connectivity index (χ2v) is 6.78. The van der Waals surface area contributed by atoms with Gasteiger partial charge in [0.1, 0.15) is 12.4 Å². The van der Waals surface area contributed by atoms with E-state index < -0.39 is 10.0 Å². The molecule has 0 amide bonds. The Morgan fingerprint density at radius 1 is 1.29 bits per heavy atom. The Morgan fingerprint density at radius 2 is 1.90 bits per heavy atom.